The van der Waals surface area contributed by atoms with Crippen molar-refractivity contribution in [1.29, 1.82) is 0 Å². The smallest absolute Gasteiger partial charge is 0.408 e. The van der Waals surface area contributed by atoms with Gasteiger partial charge in [0.05, 0.1) is 13.0 Å². The Morgan fingerprint density at radius 3 is 2.09 bits per heavy atom. The lowest BCUT2D eigenvalue weighted by atomic mass is 9.98. The summed E-state index contributed by atoms with van der Waals surface area (Å²) in [4.78, 5) is 49.1. The number of nitrogens with one attached hydrogen (secondary N) is 2. The molecular formula is C26H28N2O7. The van der Waals surface area contributed by atoms with Crippen LogP contribution in [0.25, 0.3) is 11.1 Å². The van der Waals surface area contributed by atoms with Crippen LogP contribution in [-0.4, -0.2) is 54.3 Å². The number of rotatable bonds is 10. The minimum absolute atomic E-state index is 0.0101. The molecule has 0 spiro atoms. The number of carboxylic acids is 1. The van der Waals surface area contributed by atoms with Crippen LogP contribution in [0.15, 0.2) is 48.5 Å². The predicted molar refractivity (Wildman–Crippen MR) is 126 cm³/mol. The van der Waals surface area contributed by atoms with Gasteiger partial charge in [0.25, 0.3) is 5.91 Å². The summed E-state index contributed by atoms with van der Waals surface area (Å²) in [7, 11) is 0. The second-order valence-corrected chi connectivity index (χ2v) is 8.71. The maximum Gasteiger partial charge on any atom is 0.408 e. The molecule has 3 N–H and O–H groups in total. The number of amides is 2. The quantitative estimate of drug-likeness (QED) is 0.352. The number of carboxylic acid groups (broad SMARTS) is 1. The zero-order chi connectivity index (χ0) is 24.9. The SMILES string of the molecule is CCOC(=O)C(NC(=O)OCC1c2ccccc2-c2ccccc21)C(=O)NC(CC(=O)O)C1CC1. The summed E-state index contributed by atoms with van der Waals surface area (Å²) >= 11 is 0. The fourth-order valence-corrected chi connectivity index (χ4v) is 4.50. The van der Waals surface area contributed by atoms with E-state index in [-0.39, 0.29) is 31.5 Å². The fraction of sp³-hybridized carbons (Fsp3) is 0.385. The highest BCUT2D eigenvalue weighted by Gasteiger charge is 2.38. The Kier molecular flexibility index (Phi) is 7.33. The van der Waals surface area contributed by atoms with Crippen molar-refractivity contribution in [3.05, 3.63) is 59.7 Å². The van der Waals surface area contributed by atoms with E-state index in [1.807, 2.05) is 48.5 Å². The highest BCUT2D eigenvalue weighted by molar-refractivity contribution is 6.04. The van der Waals surface area contributed by atoms with Crippen molar-refractivity contribution in [1.82, 2.24) is 10.6 Å². The summed E-state index contributed by atoms with van der Waals surface area (Å²) in [6, 6.07) is 13.5. The van der Waals surface area contributed by atoms with Crippen LogP contribution in [0.4, 0.5) is 4.79 Å². The maximum absolute atomic E-state index is 12.8. The van der Waals surface area contributed by atoms with E-state index in [4.69, 9.17) is 14.6 Å². The minimum atomic E-state index is -1.65. The first-order valence-electron chi connectivity index (χ1n) is 11.7. The molecule has 35 heavy (non-hydrogen) atoms. The Bertz CT molecular complexity index is 1080. The largest absolute Gasteiger partial charge is 0.481 e. The molecule has 9 heteroatoms. The molecule has 0 saturated heterocycles. The molecule has 2 aliphatic carbocycles. The van der Waals surface area contributed by atoms with Crippen LogP contribution in [0.3, 0.4) is 0 Å². The zero-order valence-electron chi connectivity index (χ0n) is 19.4. The van der Waals surface area contributed by atoms with Gasteiger partial charge in [0, 0.05) is 12.0 Å². The van der Waals surface area contributed by atoms with Gasteiger partial charge in [0.1, 0.15) is 6.61 Å². The lowest BCUT2D eigenvalue weighted by Gasteiger charge is -2.22. The van der Waals surface area contributed by atoms with E-state index in [2.05, 4.69) is 10.6 Å². The number of alkyl carbamates (subject to hydrolysis) is 1. The molecule has 1 fully saturated rings. The molecule has 0 heterocycles. The molecule has 0 bridgehead atoms. The van der Waals surface area contributed by atoms with E-state index in [1.54, 1.807) is 6.92 Å². The molecule has 2 amide bonds. The van der Waals surface area contributed by atoms with Crippen LogP contribution in [-0.2, 0) is 23.9 Å². The molecule has 4 rings (SSSR count). The number of ether oxygens (including phenoxy) is 2. The van der Waals surface area contributed by atoms with Crippen LogP contribution in [0.2, 0.25) is 0 Å². The second-order valence-electron chi connectivity index (χ2n) is 8.71. The van der Waals surface area contributed by atoms with E-state index in [1.165, 1.54) is 0 Å². The van der Waals surface area contributed by atoms with Gasteiger partial charge in [-0.25, -0.2) is 9.59 Å². The van der Waals surface area contributed by atoms with Crippen molar-refractivity contribution in [2.24, 2.45) is 5.92 Å². The molecule has 0 aromatic heterocycles. The molecule has 2 aromatic carbocycles. The molecule has 0 radical (unpaired) electrons. The van der Waals surface area contributed by atoms with E-state index in [9.17, 15) is 19.2 Å². The number of hydrogen-bond donors (Lipinski definition) is 3. The lowest BCUT2D eigenvalue weighted by Crippen LogP contribution is -2.55. The Balaban J connectivity index is 1.42. The normalized spacial score (nSPS) is 15.8. The standard InChI is InChI=1S/C26H28N2O7/c1-2-34-25(32)23(24(31)27-21(13-22(29)30)15-11-12-15)28-26(33)35-14-20-18-9-5-3-7-16(18)17-8-4-6-10-19(17)20/h3-10,15,20-21,23H,2,11-14H2,1H3,(H,27,31)(H,28,33)(H,29,30). The fourth-order valence-electron chi connectivity index (χ4n) is 4.50. The monoisotopic (exact) mass is 480 g/mol. The first-order chi connectivity index (χ1) is 16.9. The first-order valence-corrected chi connectivity index (χ1v) is 11.7. The maximum atomic E-state index is 12.8. The summed E-state index contributed by atoms with van der Waals surface area (Å²) in [5.74, 6) is -2.97. The highest BCUT2D eigenvalue weighted by Crippen LogP contribution is 2.44. The van der Waals surface area contributed by atoms with Gasteiger partial charge in [-0.1, -0.05) is 48.5 Å². The van der Waals surface area contributed by atoms with Gasteiger partial charge in [-0.15, -0.1) is 0 Å². The molecule has 2 atom stereocenters. The molecule has 1 saturated carbocycles. The number of carbonyl (C=O) groups is 4. The molecule has 2 unspecified atom stereocenters. The van der Waals surface area contributed by atoms with E-state index < -0.39 is 36.0 Å². The Morgan fingerprint density at radius 2 is 1.54 bits per heavy atom. The van der Waals surface area contributed by atoms with Gasteiger partial charge < -0.3 is 19.9 Å². The van der Waals surface area contributed by atoms with Crippen molar-refractivity contribution >= 4 is 23.9 Å². The third kappa shape index (κ3) is 5.62. The predicted octanol–water partition coefficient (Wildman–Crippen LogP) is 2.83. The summed E-state index contributed by atoms with van der Waals surface area (Å²) in [5, 5.41) is 14.0. The van der Waals surface area contributed by atoms with Gasteiger partial charge in [0.15, 0.2) is 0 Å². The van der Waals surface area contributed by atoms with Gasteiger partial charge in [-0.3, -0.25) is 14.9 Å². The van der Waals surface area contributed by atoms with Crippen molar-refractivity contribution in [3.63, 3.8) is 0 Å². The molecule has 9 nitrogen and oxygen atoms in total. The van der Waals surface area contributed by atoms with Crippen molar-refractivity contribution in [2.45, 2.75) is 44.2 Å². The highest BCUT2D eigenvalue weighted by atomic mass is 16.6. The number of fused-ring (bicyclic) bond motifs is 3. The molecule has 2 aliphatic rings. The number of benzene rings is 2. The van der Waals surface area contributed by atoms with Crippen LogP contribution in [0.5, 0.6) is 0 Å². The molecule has 184 valence electrons. The zero-order valence-corrected chi connectivity index (χ0v) is 19.4. The van der Waals surface area contributed by atoms with Crippen LogP contribution < -0.4 is 10.6 Å². The van der Waals surface area contributed by atoms with Crippen LogP contribution >= 0.6 is 0 Å². The average Bonchev–Trinajstić information content (AvgIpc) is 3.63. The van der Waals surface area contributed by atoms with Crippen molar-refractivity contribution in [2.75, 3.05) is 13.2 Å². The topological polar surface area (TPSA) is 131 Å². The minimum Gasteiger partial charge on any atom is -0.481 e. The summed E-state index contributed by atoms with van der Waals surface area (Å²) in [5.41, 5.74) is 4.21. The summed E-state index contributed by atoms with van der Waals surface area (Å²) in [6.07, 6.45) is 0.377. The first kappa shape index (κ1) is 24.3. The van der Waals surface area contributed by atoms with Crippen LogP contribution in [0.1, 0.15) is 43.2 Å². The number of hydrogen-bond acceptors (Lipinski definition) is 6. The van der Waals surface area contributed by atoms with Gasteiger partial charge in [-0.05, 0) is 47.9 Å². The van der Waals surface area contributed by atoms with Crippen LogP contribution in [0, 0.1) is 5.92 Å². The Hall–Kier alpha value is -3.88. The summed E-state index contributed by atoms with van der Waals surface area (Å²) < 4.78 is 10.4. The van der Waals surface area contributed by atoms with Crippen molar-refractivity contribution < 1.29 is 33.8 Å². The van der Waals surface area contributed by atoms with Gasteiger partial charge >= 0.3 is 18.0 Å². The lowest BCUT2D eigenvalue weighted by molar-refractivity contribution is -0.149. The molecule has 2 aromatic rings. The van der Waals surface area contributed by atoms with E-state index in [0.717, 1.165) is 35.1 Å². The second kappa shape index (κ2) is 10.6. The number of carbonyl (C=O) groups excluding carboxylic acids is 3. The van der Waals surface area contributed by atoms with E-state index >= 15 is 0 Å². The average molecular weight is 481 g/mol. The molecule has 0 aliphatic heterocycles. The molecular weight excluding hydrogens is 452 g/mol. The third-order valence-electron chi connectivity index (χ3n) is 6.30. The Morgan fingerprint density at radius 1 is 0.943 bits per heavy atom. The van der Waals surface area contributed by atoms with Crippen molar-refractivity contribution in [3.8, 4) is 11.1 Å². The van der Waals surface area contributed by atoms with E-state index in [0.29, 0.717) is 0 Å². The third-order valence-corrected chi connectivity index (χ3v) is 6.30. The Labute approximate surface area is 202 Å². The van der Waals surface area contributed by atoms with Gasteiger partial charge in [-0.2, -0.15) is 0 Å². The van der Waals surface area contributed by atoms with Gasteiger partial charge in [0.2, 0.25) is 6.04 Å². The number of aliphatic carboxylic acids is 1. The summed E-state index contributed by atoms with van der Waals surface area (Å²) in [6.45, 7) is 1.61. The number of esters is 1.